The van der Waals surface area contributed by atoms with E-state index in [0.717, 1.165) is 5.75 Å². The number of thioether (sulfide) groups is 1. The van der Waals surface area contributed by atoms with E-state index in [4.69, 9.17) is 0 Å². The van der Waals surface area contributed by atoms with Gasteiger partial charge >= 0.3 is 0 Å². The highest BCUT2D eigenvalue weighted by atomic mass is 32.2. The Balaban J connectivity index is 2.18. The van der Waals surface area contributed by atoms with E-state index in [1.54, 1.807) is 18.3 Å². The molecule has 0 aliphatic carbocycles. The second-order valence-electron chi connectivity index (χ2n) is 1.19. The third kappa shape index (κ3) is 0.864. The van der Waals surface area contributed by atoms with Gasteiger partial charge in [-0.2, -0.15) is 0 Å². The lowest BCUT2D eigenvalue weighted by molar-refractivity contribution is -0.794. The molecule has 0 amide bonds. The standard InChI is InChI=1S/C3H6NOS/c5-4-1-2-6-3-4/h1,4H,2-3H2. The van der Waals surface area contributed by atoms with Gasteiger partial charge in [0.15, 0.2) is 6.54 Å². The van der Waals surface area contributed by atoms with Crippen LogP contribution < -0.4 is 5.06 Å². The maximum absolute atomic E-state index is 10.2. The first-order valence-electron chi connectivity index (χ1n) is 1.83. The molecule has 1 radical (unpaired) electrons. The number of hydroxylamine groups is 2. The monoisotopic (exact) mass is 104 g/mol. The average Bonchev–Trinajstić information content (AvgIpc) is 1.86. The van der Waals surface area contributed by atoms with Crippen molar-refractivity contribution in [2.24, 2.45) is 0 Å². The molecular formula is C3H6NOS. The topological polar surface area (TPSA) is 27.5 Å². The lowest BCUT2D eigenvalue weighted by Gasteiger charge is -2.09. The second kappa shape index (κ2) is 1.82. The Bertz CT molecular complexity index is 44.1. The highest BCUT2D eigenvalue weighted by molar-refractivity contribution is 7.99. The summed E-state index contributed by atoms with van der Waals surface area (Å²) >= 11 is 1.68. The predicted molar refractivity (Wildman–Crippen MR) is 26.0 cm³/mol. The molecule has 3 heteroatoms. The number of quaternary nitrogens is 1. The number of nitrogens with one attached hydrogen (secondary N) is 1. The van der Waals surface area contributed by atoms with Crippen molar-refractivity contribution in [3.8, 4) is 0 Å². The SMILES string of the molecule is [O-][NH+]1[CH]CSC1. The molecule has 1 saturated heterocycles. The summed E-state index contributed by atoms with van der Waals surface area (Å²) in [5.74, 6) is 1.64. The number of hydrogen-bond donors (Lipinski definition) is 1. The minimum atomic E-state index is 0.292. The van der Waals surface area contributed by atoms with Gasteiger partial charge in [0.1, 0.15) is 5.88 Å². The molecular weight excluding hydrogens is 98.1 g/mol. The number of hydrogen-bond acceptors (Lipinski definition) is 2. The highest BCUT2D eigenvalue weighted by Crippen LogP contribution is 1.98. The van der Waals surface area contributed by atoms with E-state index < -0.39 is 0 Å². The molecule has 0 spiro atoms. The molecule has 1 fully saturated rings. The molecule has 1 heterocycles. The van der Waals surface area contributed by atoms with Crippen molar-refractivity contribution < 1.29 is 5.06 Å². The van der Waals surface area contributed by atoms with Gasteiger partial charge in [0, 0.05) is 0 Å². The summed E-state index contributed by atoms with van der Waals surface area (Å²) in [4.78, 5) is 0. The Morgan fingerprint density at radius 2 is 2.67 bits per heavy atom. The Labute approximate surface area is 41.1 Å². The fraction of sp³-hybridized carbons (Fsp3) is 0.667. The highest BCUT2D eigenvalue weighted by Gasteiger charge is 2.06. The first-order valence-corrected chi connectivity index (χ1v) is 2.99. The van der Waals surface area contributed by atoms with Crippen LogP contribution in [0.2, 0.25) is 0 Å². The van der Waals surface area contributed by atoms with E-state index in [9.17, 15) is 5.21 Å². The van der Waals surface area contributed by atoms with Gasteiger partial charge in [-0.05, 0) is 0 Å². The van der Waals surface area contributed by atoms with E-state index in [0.29, 0.717) is 10.9 Å². The maximum atomic E-state index is 10.2. The Hall–Kier alpha value is 0.270. The Morgan fingerprint density at radius 3 is 2.83 bits per heavy atom. The van der Waals surface area contributed by atoms with Crippen molar-refractivity contribution >= 4 is 11.8 Å². The van der Waals surface area contributed by atoms with E-state index >= 15 is 0 Å². The lowest BCUT2D eigenvalue weighted by Crippen LogP contribution is -3.02. The van der Waals surface area contributed by atoms with Crippen LogP contribution in [0.4, 0.5) is 0 Å². The first kappa shape index (κ1) is 4.43. The van der Waals surface area contributed by atoms with Crippen LogP contribution in [0.25, 0.3) is 0 Å². The normalized spacial score (nSPS) is 34.5. The molecule has 1 rings (SSSR count). The lowest BCUT2D eigenvalue weighted by atomic mass is 10.8. The summed E-state index contributed by atoms with van der Waals surface area (Å²) in [7, 11) is 0. The summed E-state index contributed by atoms with van der Waals surface area (Å²) in [6.45, 7) is 1.73. The van der Waals surface area contributed by atoms with Crippen molar-refractivity contribution in [1.29, 1.82) is 0 Å². The zero-order valence-corrected chi connectivity index (χ0v) is 4.12. The second-order valence-corrected chi connectivity index (χ2v) is 2.22. The van der Waals surface area contributed by atoms with E-state index in [2.05, 4.69) is 0 Å². The summed E-state index contributed by atoms with van der Waals surface area (Å²) in [6.07, 6.45) is 0. The van der Waals surface area contributed by atoms with Crippen molar-refractivity contribution in [3.05, 3.63) is 11.8 Å². The first-order chi connectivity index (χ1) is 2.89. The van der Waals surface area contributed by atoms with Crippen LogP contribution in [-0.2, 0) is 0 Å². The zero-order valence-electron chi connectivity index (χ0n) is 3.31. The Kier molecular flexibility index (Phi) is 1.34. The molecule has 1 aliphatic rings. The van der Waals surface area contributed by atoms with Gasteiger partial charge in [-0.1, -0.05) is 11.8 Å². The van der Waals surface area contributed by atoms with Crippen LogP contribution >= 0.6 is 11.8 Å². The Morgan fingerprint density at radius 1 is 1.83 bits per heavy atom. The van der Waals surface area contributed by atoms with Gasteiger partial charge in [0.05, 0.1) is 5.75 Å². The molecule has 0 aromatic heterocycles. The zero-order chi connectivity index (χ0) is 4.41. The molecule has 0 aromatic rings. The smallest absolute Gasteiger partial charge is 0.151 e. The third-order valence-corrected chi connectivity index (χ3v) is 1.56. The number of rotatable bonds is 0. The molecule has 2 nitrogen and oxygen atoms in total. The quantitative estimate of drug-likeness (QED) is 0.409. The fourth-order valence-corrected chi connectivity index (χ4v) is 1.11. The summed E-state index contributed by atoms with van der Waals surface area (Å²) in [6, 6.07) is 0. The minimum absolute atomic E-state index is 0.292. The minimum Gasteiger partial charge on any atom is -0.633 e. The van der Waals surface area contributed by atoms with Gasteiger partial charge < -0.3 is 10.3 Å². The van der Waals surface area contributed by atoms with Gasteiger partial charge in [0.2, 0.25) is 0 Å². The predicted octanol–water partition coefficient (Wildman–Crippen LogP) is -0.765. The van der Waals surface area contributed by atoms with Crippen LogP contribution in [0.15, 0.2) is 0 Å². The van der Waals surface area contributed by atoms with Gasteiger partial charge in [0.25, 0.3) is 0 Å². The molecule has 0 saturated carbocycles. The molecule has 6 heavy (non-hydrogen) atoms. The fourth-order valence-electron chi connectivity index (χ4n) is 0.370. The van der Waals surface area contributed by atoms with E-state index in [-0.39, 0.29) is 0 Å². The van der Waals surface area contributed by atoms with E-state index in [1.807, 2.05) is 0 Å². The van der Waals surface area contributed by atoms with Crippen LogP contribution in [-0.4, -0.2) is 11.6 Å². The summed E-state index contributed by atoms with van der Waals surface area (Å²) < 4.78 is 0. The molecule has 35 valence electrons. The molecule has 1 N–H and O–H groups in total. The van der Waals surface area contributed by atoms with Crippen LogP contribution in [0.5, 0.6) is 0 Å². The van der Waals surface area contributed by atoms with Crippen molar-refractivity contribution in [2.45, 2.75) is 0 Å². The van der Waals surface area contributed by atoms with Crippen molar-refractivity contribution in [3.63, 3.8) is 0 Å². The molecule has 1 unspecified atom stereocenters. The van der Waals surface area contributed by atoms with Gasteiger partial charge in [-0.15, -0.1) is 0 Å². The molecule has 1 atom stereocenters. The van der Waals surface area contributed by atoms with Gasteiger partial charge in [-0.3, -0.25) is 0 Å². The third-order valence-electron chi connectivity index (χ3n) is 0.673. The largest absolute Gasteiger partial charge is 0.633 e. The summed E-state index contributed by atoms with van der Waals surface area (Å²) in [5.41, 5.74) is 0. The molecule has 0 bridgehead atoms. The van der Waals surface area contributed by atoms with Crippen molar-refractivity contribution in [1.82, 2.24) is 0 Å². The van der Waals surface area contributed by atoms with Crippen LogP contribution in [0.1, 0.15) is 0 Å². The van der Waals surface area contributed by atoms with E-state index in [1.165, 1.54) is 0 Å². The van der Waals surface area contributed by atoms with Crippen LogP contribution in [0, 0.1) is 11.8 Å². The molecule has 0 aromatic carbocycles. The van der Waals surface area contributed by atoms with Crippen LogP contribution in [0.3, 0.4) is 0 Å². The van der Waals surface area contributed by atoms with Gasteiger partial charge in [-0.25, -0.2) is 0 Å². The maximum Gasteiger partial charge on any atom is 0.151 e. The van der Waals surface area contributed by atoms with Crippen molar-refractivity contribution in [2.75, 3.05) is 11.6 Å². The summed E-state index contributed by atoms with van der Waals surface area (Å²) in [5, 5.41) is 10.5. The molecule has 1 aliphatic heterocycles. The average molecular weight is 104 g/mol.